The zero-order chi connectivity index (χ0) is 21.9. The van der Waals surface area contributed by atoms with Crippen LogP contribution >= 0.6 is 23.5 Å². The van der Waals surface area contributed by atoms with Gasteiger partial charge in [-0.2, -0.15) is 0 Å². The lowest BCUT2D eigenvalue weighted by Crippen LogP contribution is -2.66. The zero-order valence-corrected chi connectivity index (χ0v) is 21.3. The summed E-state index contributed by atoms with van der Waals surface area (Å²) in [5.41, 5.74) is 1.03. The van der Waals surface area contributed by atoms with Crippen molar-refractivity contribution in [3.05, 3.63) is 78.5 Å². The molecule has 1 aliphatic heterocycles. The highest BCUT2D eigenvalue weighted by Crippen LogP contribution is 2.44. The van der Waals surface area contributed by atoms with Crippen LogP contribution in [0, 0.1) is 0 Å². The molecule has 1 aliphatic rings. The minimum atomic E-state index is -2.64. The third-order valence-electron chi connectivity index (χ3n) is 5.73. The first kappa shape index (κ1) is 22.7. The van der Waals surface area contributed by atoms with Crippen LogP contribution < -0.4 is 10.4 Å². The van der Waals surface area contributed by atoms with E-state index >= 15 is 0 Å². The summed E-state index contributed by atoms with van der Waals surface area (Å²) in [6.07, 6.45) is 2.86. The SMILES string of the molecule is C[C@H](O[Si](c1ccccc1)(c1ccccc1)C(C)(C)C)c1nc(C2SCCCS2)co1. The van der Waals surface area contributed by atoms with E-state index in [0.717, 1.165) is 5.69 Å². The van der Waals surface area contributed by atoms with E-state index in [1.165, 1.54) is 28.3 Å². The molecular weight excluding hydrogens is 439 g/mol. The average molecular weight is 470 g/mol. The Morgan fingerprint density at radius 1 is 0.968 bits per heavy atom. The molecule has 4 rings (SSSR count). The van der Waals surface area contributed by atoms with Gasteiger partial charge in [0.1, 0.15) is 18.1 Å². The molecule has 1 atom stereocenters. The van der Waals surface area contributed by atoms with Gasteiger partial charge in [-0.25, -0.2) is 4.98 Å². The topological polar surface area (TPSA) is 35.3 Å². The van der Waals surface area contributed by atoms with Crippen LogP contribution in [-0.2, 0) is 4.43 Å². The number of aromatic nitrogens is 1. The predicted octanol–water partition coefficient (Wildman–Crippen LogP) is 6.18. The summed E-state index contributed by atoms with van der Waals surface area (Å²) in [6, 6.07) is 21.4. The maximum atomic E-state index is 7.13. The molecule has 2 aromatic carbocycles. The Hall–Kier alpha value is -1.47. The summed E-state index contributed by atoms with van der Waals surface area (Å²) >= 11 is 3.92. The third-order valence-corrected chi connectivity index (χ3v) is 13.8. The quantitative estimate of drug-likeness (QED) is 0.403. The fraction of sp³-hybridized carbons (Fsp3) is 0.400. The standard InChI is InChI=1S/C25H31NO2S2Si/c1-19(23-26-22(18-27-23)24-29-16-11-17-30-24)28-31(25(2,3)4,20-12-7-5-8-13-20)21-14-9-6-10-15-21/h5-10,12-15,18-19,24H,11,16-17H2,1-4H3/t19-/m0/s1. The minimum Gasteiger partial charge on any atom is -0.446 e. The molecule has 164 valence electrons. The molecule has 0 spiro atoms. The molecular formula is C25H31NO2S2Si. The lowest BCUT2D eigenvalue weighted by molar-refractivity contribution is 0.175. The van der Waals surface area contributed by atoms with Crippen molar-refractivity contribution in [2.45, 2.75) is 49.8 Å². The fourth-order valence-electron chi connectivity index (χ4n) is 4.26. The number of hydrogen-bond donors (Lipinski definition) is 0. The highest BCUT2D eigenvalue weighted by atomic mass is 32.2. The van der Waals surface area contributed by atoms with Crippen LogP contribution in [0.1, 0.15) is 56.4 Å². The summed E-state index contributed by atoms with van der Waals surface area (Å²) < 4.78 is 13.5. The van der Waals surface area contributed by atoms with E-state index in [1.54, 1.807) is 0 Å². The van der Waals surface area contributed by atoms with Gasteiger partial charge in [0.05, 0.1) is 4.58 Å². The average Bonchev–Trinajstić information content (AvgIpc) is 3.29. The Bertz CT molecular complexity index is 926. The summed E-state index contributed by atoms with van der Waals surface area (Å²) in [5, 5.41) is 2.46. The van der Waals surface area contributed by atoms with Crippen molar-refractivity contribution in [3.8, 4) is 0 Å². The van der Waals surface area contributed by atoms with Crippen molar-refractivity contribution in [2.24, 2.45) is 0 Å². The van der Waals surface area contributed by atoms with E-state index in [4.69, 9.17) is 13.8 Å². The summed E-state index contributed by atoms with van der Waals surface area (Å²) in [4.78, 5) is 4.88. The zero-order valence-electron chi connectivity index (χ0n) is 18.7. The first-order chi connectivity index (χ1) is 14.9. The van der Waals surface area contributed by atoms with E-state index in [-0.39, 0.29) is 11.1 Å². The maximum absolute atomic E-state index is 7.13. The molecule has 0 bridgehead atoms. The molecule has 1 aromatic heterocycles. The van der Waals surface area contributed by atoms with Crippen molar-refractivity contribution in [1.82, 2.24) is 4.98 Å². The van der Waals surface area contributed by atoms with Crippen LogP contribution in [0.2, 0.25) is 5.04 Å². The number of hydrogen-bond acceptors (Lipinski definition) is 5. The van der Waals surface area contributed by atoms with Crippen LogP contribution in [0.15, 0.2) is 71.3 Å². The molecule has 0 radical (unpaired) electrons. The molecule has 1 saturated heterocycles. The highest BCUT2D eigenvalue weighted by molar-refractivity contribution is 8.16. The number of oxazole rings is 1. The number of thioether (sulfide) groups is 2. The van der Waals surface area contributed by atoms with Crippen LogP contribution in [-0.4, -0.2) is 24.8 Å². The summed E-state index contributed by atoms with van der Waals surface area (Å²) in [6.45, 7) is 8.96. The van der Waals surface area contributed by atoms with E-state index in [1.807, 2.05) is 29.8 Å². The Morgan fingerprint density at radius 3 is 2.03 bits per heavy atom. The smallest absolute Gasteiger partial charge is 0.262 e. The van der Waals surface area contributed by atoms with Crippen LogP contribution in [0.4, 0.5) is 0 Å². The van der Waals surface area contributed by atoms with Crippen molar-refractivity contribution in [2.75, 3.05) is 11.5 Å². The van der Waals surface area contributed by atoms with Gasteiger partial charge >= 0.3 is 0 Å². The van der Waals surface area contributed by atoms with Crippen molar-refractivity contribution in [3.63, 3.8) is 0 Å². The van der Waals surface area contributed by atoms with Crippen molar-refractivity contribution in [1.29, 1.82) is 0 Å². The molecule has 0 saturated carbocycles. The van der Waals surface area contributed by atoms with E-state index in [9.17, 15) is 0 Å². The van der Waals surface area contributed by atoms with Gasteiger partial charge in [-0.05, 0) is 40.3 Å². The molecule has 0 N–H and O–H groups in total. The van der Waals surface area contributed by atoms with Crippen LogP contribution in [0.3, 0.4) is 0 Å². The van der Waals surface area contributed by atoms with Gasteiger partial charge in [0.15, 0.2) is 0 Å². The largest absolute Gasteiger partial charge is 0.446 e. The van der Waals surface area contributed by atoms with E-state index in [0.29, 0.717) is 10.5 Å². The molecule has 31 heavy (non-hydrogen) atoms. The maximum Gasteiger partial charge on any atom is 0.262 e. The van der Waals surface area contributed by atoms with Crippen molar-refractivity contribution < 1.29 is 8.84 Å². The monoisotopic (exact) mass is 469 g/mol. The Labute approximate surface area is 195 Å². The number of benzene rings is 2. The molecule has 0 aliphatic carbocycles. The Kier molecular flexibility index (Phi) is 7.01. The second-order valence-corrected chi connectivity index (χ2v) is 15.9. The molecule has 0 amide bonds. The van der Waals surface area contributed by atoms with Gasteiger partial charge in [-0.1, -0.05) is 81.4 Å². The van der Waals surface area contributed by atoms with Gasteiger partial charge in [0.25, 0.3) is 8.32 Å². The fourth-order valence-corrected chi connectivity index (χ4v) is 11.7. The van der Waals surface area contributed by atoms with E-state index < -0.39 is 8.32 Å². The third kappa shape index (κ3) is 4.68. The number of rotatable bonds is 6. The Morgan fingerprint density at radius 2 is 1.52 bits per heavy atom. The molecule has 3 aromatic rings. The second-order valence-electron chi connectivity index (χ2n) is 8.96. The van der Waals surface area contributed by atoms with Crippen LogP contribution in [0.25, 0.3) is 0 Å². The van der Waals surface area contributed by atoms with Gasteiger partial charge in [-0.15, -0.1) is 23.5 Å². The normalized spacial score (nSPS) is 16.9. The predicted molar refractivity (Wildman–Crippen MR) is 136 cm³/mol. The minimum absolute atomic E-state index is 0.0749. The van der Waals surface area contributed by atoms with Crippen LogP contribution in [0.5, 0.6) is 0 Å². The highest BCUT2D eigenvalue weighted by Gasteiger charge is 2.51. The Balaban J connectivity index is 1.72. The first-order valence-electron chi connectivity index (χ1n) is 10.9. The van der Waals surface area contributed by atoms with Gasteiger partial charge in [0.2, 0.25) is 5.89 Å². The summed E-state index contributed by atoms with van der Waals surface area (Å²) in [5.74, 6) is 3.05. The molecule has 6 heteroatoms. The molecule has 0 unspecified atom stereocenters. The van der Waals surface area contributed by atoms with E-state index in [2.05, 4.69) is 88.4 Å². The van der Waals surface area contributed by atoms with Crippen molar-refractivity contribution >= 4 is 42.2 Å². The lowest BCUT2D eigenvalue weighted by atomic mass is 10.2. The van der Waals surface area contributed by atoms with Gasteiger partial charge in [0, 0.05) is 0 Å². The number of nitrogens with zero attached hydrogens (tertiary/aromatic N) is 1. The molecule has 3 nitrogen and oxygen atoms in total. The molecule has 1 fully saturated rings. The van der Waals surface area contributed by atoms with Gasteiger partial charge < -0.3 is 8.84 Å². The molecule has 2 heterocycles. The second kappa shape index (κ2) is 9.57. The van der Waals surface area contributed by atoms with Gasteiger partial charge in [-0.3, -0.25) is 0 Å². The first-order valence-corrected chi connectivity index (χ1v) is 14.9. The lowest BCUT2D eigenvalue weighted by Gasteiger charge is -2.44. The summed E-state index contributed by atoms with van der Waals surface area (Å²) in [7, 11) is -2.64.